The first-order valence-corrected chi connectivity index (χ1v) is 13.0. The summed E-state index contributed by atoms with van der Waals surface area (Å²) in [4.78, 5) is 29.6. The summed E-state index contributed by atoms with van der Waals surface area (Å²) < 4.78 is 0. The van der Waals surface area contributed by atoms with Crippen LogP contribution in [0.1, 0.15) is 79.9 Å². The molecule has 6 nitrogen and oxygen atoms in total. The van der Waals surface area contributed by atoms with Crippen LogP contribution < -0.4 is 5.32 Å². The van der Waals surface area contributed by atoms with E-state index in [0.29, 0.717) is 47.7 Å². The van der Waals surface area contributed by atoms with Crippen LogP contribution in [0, 0.1) is 41.4 Å². The first-order chi connectivity index (χ1) is 16.2. The number of nitrogens with zero attached hydrogens (tertiary/aromatic N) is 2. The number of phenolic OH excluding ortho intramolecular Hbond substituents is 1. The lowest BCUT2D eigenvalue weighted by Gasteiger charge is -2.53. The van der Waals surface area contributed by atoms with E-state index in [2.05, 4.69) is 30.2 Å². The molecule has 0 saturated heterocycles. The molecular weight excluding hydrogens is 446 g/mol. The van der Waals surface area contributed by atoms with E-state index in [0.717, 1.165) is 42.4 Å². The van der Waals surface area contributed by atoms with E-state index < -0.39 is 0 Å². The van der Waals surface area contributed by atoms with Crippen molar-refractivity contribution in [2.45, 2.75) is 71.6 Å². The number of thiazole rings is 1. The molecule has 3 unspecified atom stereocenters. The maximum absolute atomic E-state index is 12.6. The number of phenols is 1. The molecule has 180 valence electrons. The number of benzene rings is 1. The summed E-state index contributed by atoms with van der Waals surface area (Å²) in [7, 11) is 0. The average Bonchev–Trinajstić information content (AvgIpc) is 3.20. The third kappa shape index (κ3) is 4.88. The van der Waals surface area contributed by atoms with Gasteiger partial charge in [0, 0.05) is 23.9 Å². The second-order valence-corrected chi connectivity index (χ2v) is 11.8. The van der Waals surface area contributed by atoms with Gasteiger partial charge in [0.1, 0.15) is 18.1 Å². The topological polar surface area (TPSA) is 103 Å². The minimum atomic E-state index is -0.0569. The zero-order valence-electron chi connectivity index (χ0n) is 20.1. The average molecular weight is 480 g/mol. The molecule has 2 aromatic rings. The molecule has 34 heavy (non-hydrogen) atoms. The van der Waals surface area contributed by atoms with E-state index in [-0.39, 0.29) is 23.0 Å². The van der Waals surface area contributed by atoms with Gasteiger partial charge in [-0.25, -0.2) is 4.98 Å². The number of anilines is 1. The van der Waals surface area contributed by atoms with Gasteiger partial charge in [-0.3, -0.25) is 4.79 Å². The van der Waals surface area contributed by atoms with Crippen molar-refractivity contribution in [2.24, 2.45) is 23.2 Å². The molecule has 1 fully saturated rings. The number of carbonyl (C=O) groups is 2. The predicted molar refractivity (Wildman–Crippen MR) is 133 cm³/mol. The van der Waals surface area contributed by atoms with Crippen molar-refractivity contribution in [1.29, 1.82) is 5.26 Å². The van der Waals surface area contributed by atoms with Gasteiger partial charge in [-0.15, -0.1) is 11.3 Å². The van der Waals surface area contributed by atoms with Crippen LogP contribution >= 0.6 is 11.3 Å². The molecular formula is C27H33N3O3S. The fourth-order valence-electron chi connectivity index (χ4n) is 6.59. The minimum absolute atomic E-state index is 0.0569. The Balaban J connectivity index is 1.56. The largest absolute Gasteiger partial charge is 0.507 e. The summed E-state index contributed by atoms with van der Waals surface area (Å²) in [6.45, 7) is 6.56. The van der Waals surface area contributed by atoms with E-state index in [9.17, 15) is 20.0 Å². The van der Waals surface area contributed by atoms with Crippen LogP contribution in [0.25, 0.3) is 0 Å². The van der Waals surface area contributed by atoms with Crippen LogP contribution in [-0.4, -0.2) is 22.3 Å². The van der Waals surface area contributed by atoms with Crippen molar-refractivity contribution in [1.82, 2.24) is 4.98 Å². The lowest BCUT2D eigenvalue weighted by Crippen LogP contribution is -2.45. The Kier molecular flexibility index (Phi) is 7.09. The fraction of sp³-hybridized carbons (Fsp3) is 0.556. The molecule has 1 aromatic heterocycles. The third-order valence-electron chi connectivity index (χ3n) is 8.02. The van der Waals surface area contributed by atoms with Crippen molar-refractivity contribution in [3.05, 3.63) is 39.9 Å². The number of rotatable bonds is 7. The molecule has 1 saturated carbocycles. The highest BCUT2D eigenvalue weighted by molar-refractivity contribution is 7.15. The molecule has 0 radical (unpaired) electrons. The molecule has 4 atom stereocenters. The molecule has 2 aliphatic rings. The van der Waals surface area contributed by atoms with Gasteiger partial charge < -0.3 is 15.2 Å². The minimum Gasteiger partial charge on any atom is -0.507 e. The predicted octanol–water partition coefficient (Wildman–Crippen LogP) is 5.74. The van der Waals surface area contributed by atoms with Crippen molar-refractivity contribution in [2.75, 3.05) is 5.32 Å². The lowest BCUT2D eigenvalue weighted by molar-refractivity contribution is -0.117. The maximum atomic E-state index is 12.6. The molecule has 0 aliphatic heterocycles. The number of aryl methyl sites for hydroxylation is 2. The SMILES string of the molecule is Cc1cnc(NC(=O)CC[C@H](CC=O)C2C3CCc4cc(O)c(C#N)cc4C3CCC2(C)C)s1. The highest BCUT2D eigenvalue weighted by Crippen LogP contribution is 2.58. The Morgan fingerprint density at radius 2 is 2.21 bits per heavy atom. The second kappa shape index (κ2) is 9.87. The Hall–Kier alpha value is -2.72. The maximum Gasteiger partial charge on any atom is 0.226 e. The summed E-state index contributed by atoms with van der Waals surface area (Å²) in [5, 5.41) is 23.1. The standard InChI is InChI=1S/C27H33N3O3S/c1-16-15-29-26(34-16)30-24(33)7-5-17(9-11-31)25-21-6-4-18-13-23(32)19(14-28)12-22(18)20(21)8-10-27(25,2)3/h11-13,15,17,20-21,25,32H,4-10H2,1-3H3,(H,29,30,33)/t17-,20?,21?,25?/m1/s1. The molecule has 7 heteroatoms. The number of aldehydes is 1. The summed E-state index contributed by atoms with van der Waals surface area (Å²) in [6.07, 6.45) is 8.16. The molecule has 0 spiro atoms. The van der Waals surface area contributed by atoms with Crippen LogP contribution in [0.4, 0.5) is 5.13 Å². The van der Waals surface area contributed by atoms with Crippen LogP contribution in [0.3, 0.4) is 0 Å². The number of hydrogen-bond donors (Lipinski definition) is 2. The molecule has 1 amide bonds. The van der Waals surface area contributed by atoms with Gasteiger partial charge in [0.05, 0.1) is 5.56 Å². The Morgan fingerprint density at radius 1 is 1.41 bits per heavy atom. The van der Waals surface area contributed by atoms with E-state index in [1.807, 2.05) is 13.0 Å². The number of nitriles is 1. The van der Waals surface area contributed by atoms with Crippen LogP contribution in [-0.2, 0) is 16.0 Å². The van der Waals surface area contributed by atoms with Gasteiger partial charge in [0.15, 0.2) is 5.13 Å². The smallest absolute Gasteiger partial charge is 0.226 e. The number of aromatic nitrogens is 1. The highest BCUT2D eigenvalue weighted by Gasteiger charge is 2.48. The second-order valence-electron chi connectivity index (χ2n) is 10.6. The van der Waals surface area contributed by atoms with E-state index in [4.69, 9.17) is 0 Å². The summed E-state index contributed by atoms with van der Waals surface area (Å²) in [6, 6.07) is 5.77. The monoisotopic (exact) mass is 479 g/mol. The Bertz CT molecular complexity index is 1120. The van der Waals surface area contributed by atoms with Crippen LogP contribution in [0.5, 0.6) is 5.75 Å². The molecule has 2 N–H and O–H groups in total. The van der Waals surface area contributed by atoms with Gasteiger partial charge in [0.2, 0.25) is 5.91 Å². The molecule has 1 aromatic carbocycles. The van der Waals surface area contributed by atoms with Gasteiger partial charge in [0.25, 0.3) is 0 Å². The zero-order chi connectivity index (χ0) is 24.5. The normalized spacial score (nSPS) is 23.8. The molecule has 0 bridgehead atoms. The first kappa shape index (κ1) is 24.4. The summed E-state index contributed by atoms with van der Waals surface area (Å²) >= 11 is 1.46. The van der Waals surface area contributed by atoms with Crippen molar-refractivity contribution >= 4 is 28.7 Å². The number of nitrogens with one attached hydrogen (secondary N) is 1. The number of carbonyl (C=O) groups excluding carboxylic acids is 2. The van der Waals surface area contributed by atoms with Gasteiger partial charge in [-0.2, -0.15) is 5.26 Å². The number of hydrogen-bond acceptors (Lipinski definition) is 6. The van der Waals surface area contributed by atoms with E-state index in [1.165, 1.54) is 16.9 Å². The Morgan fingerprint density at radius 3 is 2.88 bits per heavy atom. The van der Waals surface area contributed by atoms with Crippen LogP contribution in [0.15, 0.2) is 18.3 Å². The van der Waals surface area contributed by atoms with E-state index >= 15 is 0 Å². The van der Waals surface area contributed by atoms with Gasteiger partial charge in [-0.05, 0) is 91.4 Å². The molecule has 2 aliphatic carbocycles. The van der Waals surface area contributed by atoms with Gasteiger partial charge in [-0.1, -0.05) is 13.8 Å². The number of aromatic hydroxyl groups is 1. The zero-order valence-corrected chi connectivity index (χ0v) is 21.0. The summed E-state index contributed by atoms with van der Waals surface area (Å²) in [5.74, 6) is 1.14. The fourth-order valence-corrected chi connectivity index (χ4v) is 7.27. The molecule has 1 heterocycles. The van der Waals surface area contributed by atoms with Gasteiger partial charge >= 0.3 is 0 Å². The Labute approximate surface area is 205 Å². The van der Waals surface area contributed by atoms with Crippen molar-refractivity contribution < 1.29 is 14.7 Å². The highest BCUT2D eigenvalue weighted by atomic mass is 32.1. The van der Waals surface area contributed by atoms with E-state index in [1.54, 1.807) is 12.3 Å². The first-order valence-electron chi connectivity index (χ1n) is 12.1. The quantitative estimate of drug-likeness (QED) is 0.493. The number of fused-ring (bicyclic) bond motifs is 3. The summed E-state index contributed by atoms with van der Waals surface area (Å²) in [5.41, 5.74) is 2.72. The van der Waals surface area contributed by atoms with Crippen LogP contribution in [0.2, 0.25) is 0 Å². The molecule has 4 rings (SSSR count). The third-order valence-corrected chi connectivity index (χ3v) is 8.85. The lowest BCUT2D eigenvalue weighted by atomic mass is 9.51. The van der Waals surface area contributed by atoms with Crippen molar-refractivity contribution in [3.63, 3.8) is 0 Å². The van der Waals surface area contributed by atoms with Crippen molar-refractivity contribution in [3.8, 4) is 11.8 Å². The number of amides is 1.